The zero-order chi connectivity index (χ0) is 13.0. The van der Waals surface area contributed by atoms with Crippen molar-refractivity contribution >= 4 is 23.2 Å². The Kier molecular flexibility index (Phi) is 5.31. The lowest BCUT2D eigenvalue weighted by Crippen LogP contribution is -2.28. The summed E-state index contributed by atoms with van der Waals surface area (Å²) < 4.78 is 5.67. The molecule has 18 heavy (non-hydrogen) atoms. The van der Waals surface area contributed by atoms with Crippen LogP contribution in [0.15, 0.2) is 18.2 Å². The molecule has 4 heteroatoms. The summed E-state index contributed by atoms with van der Waals surface area (Å²) >= 11 is 12.3. The molecule has 0 bridgehead atoms. The maximum Gasteiger partial charge on any atom is 0.0613 e. The number of nitrogens with one attached hydrogen (secondary N) is 1. The van der Waals surface area contributed by atoms with E-state index in [9.17, 15) is 0 Å². The van der Waals surface area contributed by atoms with Crippen molar-refractivity contribution in [3.63, 3.8) is 0 Å². The Labute approximate surface area is 119 Å². The number of rotatable bonds is 5. The SMILES string of the molecule is CCC1OCCC1CNCc1c(Cl)cccc1Cl. The number of ether oxygens (including phenoxy) is 1. The molecular weight excluding hydrogens is 269 g/mol. The molecule has 1 aliphatic rings. The minimum atomic E-state index is 0.402. The summed E-state index contributed by atoms with van der Waals surface area (Å²) in [5.74, 6) is 0.608. The van der Waals surface area contributed by atoms with Crippen LogP contribution in [0, 0.1) is 5.92 Å². The second kappa shape index (κ2) is 6.76. The first-order valence-corrected chi connectivity index (χ1v) is 7.23. The lowest BCUT2D eigenvalue weighted by Gasteiger charge is -2.17. The van der Waals surface area contributed by atoms with E-state index in [1.54, 1.807) is 0 Å². The van der Waals surface area contributed by atoms with Gasteiger partial charge in [0, 0.05) is 35.3 Å². The number of halogens is 2. The summed E-state index contributed by atoms with van der Waals surface area (Å²) in [6.07, 6.45) is 2.63. The maximum atomic E-state index is 6.13. The summed E-state index contributed by atoms with van der Waals surface area (Å²) in [5, 5.41) is 4.89. The summed E-state index contributed by atoms with van der Waals surface area (Å²) in [4.78, 5) is 0. The lowest BCUT2D eigenvalue weighted by molar-refractivity contribution is 0.0872. The molecule has 1 aliphatic heterocycles. The largest absolute Gasteiger partial charge is 0.378 e. The van der Waals surface area contributed by atoms with Crippen LogP contribution in [-0.2, 0) is 11.3 Å². The Morgan fingerprint density at radius 2 is 2.06 bits per heavy atom. The standard InChI is InChI=1S/C14H19Cl2NO/c1-2-14-10(6-7-18-14)8-17-9-11-12(15)4-3-5-13(11)16/h3-5,10,14,17H,2,6-9H2,1H3. The Bertz CT molecular complexity index is 377. The van der Waals surface area contributed by atoms with Gasteiger partial charge in [0.1, 0.15) is 0 Å². The second-order valence-corrected chi connectivity index (χ2v) is 5.51. The van der Waals surface area contributed by atoms with Gasteiger partial charge in [-0.3, -0.25) is 0 Å². The normalized spacial score (nSPS) is 23.5. The van der Waals surface area contributed by atoms with Gasteiger partial charge in [0.25, 0.3) is 0 Å². The predicted octanol–water partition coefficient (Wildman–Crippen LogP) is 3.90. The third-order valence-corrected chi connectivity index (χ3v) is 4.23. The van der Waals surface area contributed by atoms with E-state index >= 15 is 0 Å². The molecule has 2 unspecified atom stereocenters. The first-order valence-electron chi connectivity index (χ1n) is 6.47. The fraction of sp³-hybridized carbons (Fsp3) is 0.571. The van der Waals surface area contributed by atoms with Crippen LogP contribution in [0.25, 0.3) is 0 Å². The number of benzene rings is 1. The average molecular weight is 288 g/mol. The predicted molar refractivity (Wildman–Crippen MR) is 76.3 cm³/mol. The van der Waals surface area contributed by atoms with Crippen LogP contribution in [0.3, 0.4) is 0 Å². The van der Waals surface area contributed by atoms with E-state index in [2.05, 4.69) is 12.2 Å². The van der Waals surface area contributed by atoms with Crippen molar-refractivity contribution in [3.8, 4) is 0 Å². The molecule has 1 fully saturated rings. The Morgan fingerprint density at radius 1 is 1.33 bits per heavy atom. The van der Waals surface area contributed by atoms with Gasteiger partial charge in [-0.15, -0.1) is 0 Å². The highest BCUT2D eigenvalue weighted by Gasteiger charge is 2.26. The zero-order valence-electron chi connectivity index (χ0n) is 10.6. The van der Waals surface area contributed by atoms with Gasteiger partial charge in [-0.05, 0) is 30.9 Å². The van der Waals surface area contributed by atoms with Crippen molar-refractivity contribution in [2.24, 2.45) is 5.92 Å². The molecule has 0 aliphatic carbocycles. The van der Waals surface area contributed by atoms with E-state index in [1.165, 1.54) is 0 Å². The van der Waals surface area contributed by atoms with Gasteiger partial charge in [-0.2, -0.15) is 0 Å². The van der Waals surface area contributed by atoms with Crippen molar-refractivity contribution < 1.29 is 4.74 Å². The van der Waals surface area contributed by atoms with Crippen LogP contribution in [0.1, 0.15) is 25.3 Å². The Morgan fingerprint density at radius 3 is 2.72 bits per heavy atom. The van der Waals surface area contributed by atoms with E-state index in [4.69, 9.17) is 27.9 Å². The van der Waals surface area contributed by atoms with Crippen LogP contribution in [-0.4, -0.2) is 19.3 Å². The fourth-order valence-corrected chi connectivity index (χ4v) is 2.99. The average Bonchev–Trinajstić information content (AvgIpc) is 2.80. The maximum absolute atomic E-state index is 6.13. The van der Waals surface area contributed by atoms with Gasteiger partial charge in [0.15, 0.2) is 0 Å². The van der Waals surface area contributed by atoms with Crippen molar-refractivity contribution in [3.05, 3.63) is 33.8 Å². The molecule has 2 atom stereocenters. The van der Waals surface area contributed by atoms with Crippen molar-refractivity contribution in [2.45, 2.75) is 32.4 Å². The molecule has 1 aromatic rings. The summed E-state index contributed by atoms with van der Waals surface area (Å²) in [6.45, 7) is 4.73. The quantitative estimate of drug-likeness (QED) is 0.887. The third-order valence-electron chi connectivity index (χ3n) is 3.52. The highest BCUT2D eigenvalue weighted by atomic mass is 35.5. The first-order chi connectivity index (χ1) is 8.72. The van der Waals surface area contributed by atoms with Gasteiger partial charge >= 0.3 is 0 Å². The highest BCUT2D eigenvalue weighted by molar-refractivity contribution is 6.35. The van der Waals surface area contributed by atoms with E-state index in [-0.39, 0.29) is 0 Å². The Hall–Kier alpha value is -0.280. The molecule has 1 aromatic carbocycles. The molecule has 1 saturated heterocycles. The fourth-order valence-electron chi connectivity index (χ4n) is 2.46. The number of hydrogen-bond acceptors (Lipinski definition) is 2. The van der Waals surface area contributed by atoms with E-state index in [0.29, 0.717) is 18.6 Å². The van der Waals surface area contributed by atoms with Crippen molar-refractivity contribution in [1.82, 2.24) is 5.32 Å². The first kappa shape index (κ1) is 14.1. The van der Waals surface area contributed by atoms with Crippen LogP contribution in [0.2, 0.25) is 10.0 Å². The molecular formula is C14H19Cl2NO. The molecule has 0 amide bonds. The molecule has 2 nitrogen and oxygen atoms in total. The molecule has 2 rings (SSSR count). The van der Waals surface area contributed by atoms with E-state index in [0.717, 1.165) is 41.6 Å². The minimum absolute atomic E-state index is 0.402. The highest BCUT2D eigenvalue weighted by Crippen LogP contribution is 2.25. The molecule has 1 N–H and O–H groups in total. The lowest BCUT2D eigenvalue weighted by atomic mass is 9.99. The van der Waals surface area contributed by atoms with Gasteiger partial charge in [0.2, 0.25) is 0 Å². The zero-order valence-corrected chi connectivity index (χ0v) is 12.1. The van der Waals surface area contributed by atoms with Gasteiger partial charge in [0.05, 0.1) is 6.10 Å². The van der Waals surface area contributed by atoms with Gasteiger partial charge in [-0.1, -0.05) is 36.2 Å². The van der Waals surface area contributed by atoms with Crippen molar-refractivity contribution in [2.75, 3.05) is 13.2 Å². The number of hydrogen-bond donors (Lipinski definition) is 1. The summed E-state index contributed by atoms with van der Waals surface area (Å²) in [6, 6.07) is 5.61. The topological polar surface area (TPSA) is 21.3 Å². The molecule has 0 radical (unpaired) electrons. The third kappa shape index (κ3) is 3.39. The smallest absolute Gasteiger partial charge is 0.0613 e. The van der Waals surface area contributed by atoms with Gasteiger partial charge < -0.3 is 10.1 Å². The molecule has 1 heterocycles. The van der Waals surface area contributed by atoms with E-state index in [1.807, 2.05) is 18.2 Å². The molecule has 100 valence electrons. The molecule has 0 saturated carbocycles. The van der Waals surface area contributed by atoms with E-state index < -0.39 is 0 Å². The monoisotopic (exact) mass is 287 g/mol. The summed E-state index contributed by atoms with van der Waals surface area (Å²) in [5.41, 5.74) is 0.979. The molecule has 0 spiro atoms. The second-order valence-electron chi connectivity index (χ2n) is 4.70. The van der Waals surface area contributed by atoms with Crippen LogP contribution in [0.5, 0.6) is 0 Å². The molecule has 0 aromatic heterocycles. The van der Waals surface area contributed by atoms with Crippen LogP contribution >= 0.6 is 23.2 Å². The summed E-state index contributed by atoms with van der Waals surface area (Å²) in [7, 11) is 0. The van der Waals surface area contributed by atoms with Crippen molar-refractivity contribution in [1.29, 1.82) is 0 Å². The minimum Gasteiger partial charge on any atom is -0.378 e. The van der Waals surface area contributed by atoms with Gasteiger partial charge in [-0.25, -0.2) is 0 Å². The Balaban J connectivity index is 1.85. The van der Waals surface area contributed by atoms with Crippen LogP contribution in [0.4, 0.5) is 0 Å². The van der Waals surface area contributed by atoms with Crippen LogP contribution < -0.4 is 5.32 Å².